The molecule has 3 N–H and O–H groups in total. The average molecular weight is 297 g/mol. The smallest absolute Gasteiger partial charge is 0.296 e. The van der Waals surface area contributed by atoms with Crippen molar-refractivity contribution in [3.8, 4) is 6.01 Å². The minimum absolute atomic E-state index is 0.0958. The van der Waals surface area contributed by atoms with Gasteiger partial charge in [-0.15, -0.1) is 0 Å². The minimum atomic E-state index is -0.0958. The molecule has 6 nitrogen and oxygen atoms in total. The van der Waals surface area contributed by atoms with Gasteiger partial charge in [0.25, 0.3) is 6.01 Å². The zero-order valence-corrected chi connectivity index (χ0v) is 12.7. The van der Waals surface area contributed by atoms with Crippen LogP contribution in [0.1, 0.15) is 25.2 Å². The molecule has 114 valence electrons. The lowest BCUT2D eigenvalue weighted by atomic mass is 10.1. The van der Waals surface area contributed by atoms with Crippen LogP contribution in [-0.2, 0) is 13.0 Å². The van der Waals surface area contributed by atoms with E-state index in [0.29, 0.717) is 35.3 Å². The number of hydrogen-bond donors (Lipinski definition) is 2. The number of aromatic hydroxyl groups is 1. The lowest BCUT2D eigenvalue weighted by molar-refractivity contribution is 0.408. The molecule has 0 spiro atoms. The standard InChI is InChI=1S/C16H19N5O/c1-10(2)8-12-18-14(17)13-15(19-12)21(16(22)20-13)9-11-6-4-3-5-7-11/h3-7,10H,8-9H2,1-2H3,(H,20,22)(H2,17,18,19). The average Bonchev–Trinajstić information content (AvgIpc) is 2.77. The van der Waals surface area contributed by atoms with Gasteiger partial charge >= 0.3 is 0 Å². The van der Waals surface area contributed by atoms with E-state index in [1.807, 2.05) is 30.3 Å². The molecule has 1 aromatic carbocycles. The van der Waals surface area contributed by atoms with Gasteiger partial charge in [-0.25, -0.2) is 9.97 Å². The summed E-state index contributed by atoms with van der Waals surface area (Å²) in [6, 6.07) is 9.76. The van der Waals surface area contributed by atoms with Crippen LogP contribution in [-0.4, -0.2) is 24.6 Å². The van der Waals surface area contributed by atoms with Gasteiger partial charge in [-0.2, -0.15) is 4.98 Å². The predicted molar refractivity (Wildman–Crippen MR) is 85.5 cm³/mol. The van der Waals surface area contributed by atoms with E-state index in [-0.39, 0.29) is 6.01 Å². The number of nitrogen functional groups attached to an aromatic ring is 1. The lowest BCUT2D eigenvalue weighted by Crippen LogP contribution is -2.07. The number of aromatic nitrogens is 4. The van der Waals surface area contributed by atoms with Crippen LogP contribution in [0.2, 0.25) is 0 Å². The molecule has 0 aliphatic carbocycles. The second kappa shape index (κ2) is 5.63. The van der Waals surface area contributed by atoms with E-state index in [2.05, 4.69) is 28.8 Å². The molecular weight excluding hydrogens is 278 g/mol. The third kappa shape index (κ3) is 2.72. The largest absolute Gasteiger partial charge is 0.480 e. The Balaban J connectivity index is 2.09. The number of rotatable bonds is 4. The quantitative estimate of drug-likeness (QED) is 0.771. The summed E-state index contributed by atoms with van der Waals surface area (Å²) in [5.41, 5.74) is 8.04. The summed E-state index contributed by atoms with van der Waals surface area (Å²) in [5.74, 6) is 1.41. The van der Waals surface area contributed by atoms with Gasteiger partial charge in [0.15, 0.2) is 17.0 Å². The summed E-state index contributed by atoms with van der Waals surface area (Å²) < 4.78 is 1.66. The van der Waals surface area contributed by atoms with Crippen molar-refractivity contribution < 1.29 is 5.11 Å². The van der Waals surface area contributed by atoms with Crippen molar-refractivity contribution in [3.63, 3.8) is 0 Å². The summed E-state index contributed by atoms with van der Waals surface area (Å²) in [7, 11) is 0. The van der Waals surface area contributed by atoms with Crippen LogP contribution in [0.25, 0.3) is 11.2 Å². The highest BCUT2D eigenvalue weighted by atomic mass is 16.3. The summed E-state index contributed by atoms with van der Waals surface area (Å²) in [6.07, 6.45) is 0.734. The summed E-state index contributed by atoms with van der Waals surface area (Å²) >= 11 is 0. The first-order valence-electron chi connectivity index (χ1n) is 7.30. The van der Waals surface area contributed by atoms with Crippen LogP contribution < -0.4 is 5.73 Å². The van der Waals surface area contributed by atoms with Gasteiger partial charge in [0.2, 0.25) is 0 Å². The molecule has 0 atom stereocenters. The zero-order chi connectivity index (χ0) is 15.7. The van der Waals surface area contributed by atoms with E-state index in [0.717, 1.165) is 12.0 Å². The Hall–Kier alpha value is -2.63. The number of nitrogens with zero attached hydrogens (tertiary/aromatic N) is 4. The molecule has 2 aromatic heterocycles. The number of nitrogens with two attached hydrogens (primary N) is 1. The topological polar surface area (TPSA) is 89.9 Å². The van der Waals surface area contributed by atoms with Crippen molar-refractivity contribution >= 4 is 17.0 Å². The van der Waals surface area contributed by atoms with Gasteiger partial charge < -0.3 is 10.8 Å². The fourth-order valence-corrected chi connectivity index (χ4v) is 2.43. The molecule has 6 heteroatoms. The second-order valence-corrected chi connectivity index (χ2v) is 5.78. The minimum Gasteiger partial charge on any atom is -0.480 e. The molecule has 0 saturated heterocycles. The molecular formula is C16H19N5O. The number of anilines is 1. The van der Waals surface area contributed by atoms with Gasteiger partial charge in [-0.3, -0.25) is 4.57 Å². The lowest BCUT2D eigenvalue weighted by Gasteiger charge is -2.08. The maximum atomic E-state index is 10.1. The predicted octanol–water partition coefficient (Wildman–Crippen LogP) is 2.36. The SMILES string of the molecule is CC(C)Cc1nc(N)c2nc(O)n(Cc3ccccc3)c2n1. The maximum absolute atomic E-state index is 10.1. The van der Waals surface area contributed by atoms with Gasteiger partial charge in [0.05, 0.1) is 6.54 Å². The van der Waals surface area contributed by atoms with Gasteiger partial charge in [0.1, 0.15) is 5.82 Å². The Bertz CT molecular complexity index is 795. The molecule has 0 aliphatic rings. The van der Waals surface area contributed by atoms with E-state index >= 15 is 0 Å². The van der Waals surface area contributed by atoms with E-state index in [1.54, 1.807) is 4.57 Å². The molecule has 3 rings (SSSR count). The first kappa shape index (κ1) is 14.3. The highest BCUT2D eigenvalue weighted by molar-refractivity contribution is 5.82. The van der Waals surface area contributed by atoms with Crippen LogP contribution in [0.15, 0.2) is 30.3 Å². The normalized spacial score (nSPS) is 11.4. The zero-order valence-electron chi connectivity index (χ0n) is 12.7. The van der Waals surface area contributed by atoms with Crippen molar-refractivity contribution in [1.82, 2.24) is 19.5 Å². The van der Waals surface area contributed by atoms with Crippen LogP contribution in [0.3, 0.4) is 0 Å². The van der Waals surface area contributed by atoms with Crippen LogP contribution in [0.4, 0.5) is 5.82 Å². The number of imidazole rings is 1. The van der Waals surface area contributed by atoms with Crippen LogP contribution >= 0.6 is 0 Å². The second-order valence-electron chi connectivity index (χ2n) is 5.78. The first-order chi connectivity index (χ1) is 10.5. The monoisotopic (exact) mass is 297 g/mol. The van der Waals surface area contributed by atoms with Crippen molar-refractivity contribution in [2.24, 2.45) is 5.92 Å². The van der Waals surface area contributed by atoms with E-state index in [1.165, 1.54) is 0 Å². The van der Waals surface area contributed by atoms with Crippen LogP contribution in [0.5, 0.6) is 6.01 Å². The fraction of sp³-hybridized carbons (Fsp3) is 0.312. The number of benzene rings is 1. The molecule has 2 heterocycles. The Morgan fingerprint density at radius 2 is 1.86 bits per heavy atom. The third-order valence-corrected chi connectivity index (χ3v) is 3.42. The van der Waals surface area contributed by atoms with Crippen molar-refractivity contribution in [3.05, 3.63) is 41.7 Å². The molecule has 0 unspecified atom stereocenters. The highest BCUT2D eigenvalue weighted by Crippen LogP contribution is 2.24. The Morgan fingerprint density at radius 3 is 2.55 bits per heavy atom. The summed E-state index contributed by atoms with van der Waals surface area (Å²) in [4.78, 5) is 12.9. The van der Waals surface area contributed by atoms with Gasteiger partial charge in [-0.1, -0.05) is 44.2 Å². The first-order valence-corrected chi connectivity index (χ1v) is 7.30. The third-order valence-electron chi connectivity index (χ3n) is 3.42. The molecule has 0 amide bonds. The molecule has 0 bridgehead atoms. The maximum Gasteiger partial charge on any atom is 0.296 e. The van der Waals surface area contributed by atoms with Crippen molar-refractivity contribution in [2.45, 2.75) is 26.8 Å². The molecule has 0 saturated carbocycles. The van der Waals surface area contributed by atoms with Crippen LogP contribution in [0, 0.1) is 5.92 Å². The number of hydrogen-bond acceptors (Lipinski definition) is 5. The summed E-state index contributed by atoms with van der Waals surface area (Å²) in [6.45, 7) is 4.69. The van der Waals surface area contributed by atoms with Crippen molar-refractivity contribution in [1.29, 1.82) is 0 Å². The fourth-order valence-electron chi connectivity index (χ4n) is 2.43. The Morgan fingerprint density at radius 1 is 1.14 bits per heavy atom. The molecule has 0 fully saturated rings. The van der Waals surface area contributed by atoms with E-state index in [4.69, 9.17) is 5.73 Å². The number of fused-ring (bicyclic) bond motifs is 1. The van der Waals surface area contributed by atoms with E-state index in [9.17, 15) is 5.11 Å². The highest BCUT2D eigenvalue weighted by Gasteiger charge is 2.16. The molecule has 3 aromatic rings. The molecule has 0 aliphatic heterocycles. The summed E-state index contributed by atoms with van der Waals surface area (Å²) in [5, 5.41) is 10.1. The Kier molecular flexibility index (Phi) is 3.66. The van der Waals surface area contributed by atoms with E-state index < -0.39 is 0 Å². The molecule has 22 heavy (non-hydrogen) atoms. The Labute approximate surface area is 128 Å². The van der Waals surface area contributed by atoms with Gasteiger partial charge in [0, 0.05) is 6.42 Å². The van der Waals surface area contributed by atoms with Gasteiger partial charge in [-0.05, 0) is 11.5 Å². The van der Waals surface area contributed by atoms with Crippen molar-refractivity contribution in [2.75, 3.05) is 5.73 Å². The molecule has 0 radical (unpaired) electrons.